The van der Waals surface area contributed by atoms with Crippen molar-refractivity contribution in [3.63, 3.8) is 0 Å². The van der Waals surface area contributed by atoms with Crippen LogP contribution in [-0.2, 0) is 21.4 Å². The molecule has 1 aromatic heterocycles. The molecule has 2 nitrogen and oxygen atoms in total. The van der Waals surface area contributed by atoms with Gasteiger partial charge in [-0.05, 0) is 18.6 Å². The van der Waals surface area contributed by atoms with Crippen LogP contribution in [-0.4, -0.2) is 11.6 Å². The first-order valence-corrected chi connectivity index (χ1v) is 4.31. The summed E-state index contributed by atoms with van der Waals surface area (Å²) in [6.07, 6.45) is 5.70. The summed E-state index contributed by atoms with van der Waals surface area (Å²) >= 11 is 4.88. The molecule has 0 spiro atoms. The fraction of sp³-hybridized carbons (Fsp3) is 0.444. The van der Waals surface area contributed by atoms with Crippen LogP contribution in [0.2, 0.25) is 0 Å². The van der Waals surface area contributed by atoms with Crippen LogP contribution in [0.25, 0.3) is 0 Å². The molecule has 1 radical (unpaired) electrons. The topological polar surface area (TPSA) is 22.1 Å². The van der Waals surface area contributed by atoms with E-state index in [0.29, 0.717) is 6.61 Å². The molecular formula is C9H14ClCuNO. The first-order valence-electron chi connectivity index (χ1n) is 4.00. The molecule has 0 fully saturated rings. The Morgan fingerprint density at radius 3 is 2.00 bits per heavy atom. The average molecular weight is 251 g/mol. The van der Waals surface area contributed by atoms with Gasteiger partial charge in [0.2, 0.25) is 0 Å². The molecule has 1 rings (SSSR count). The van der Waals surface area contributed by atoms with Gasteiger partial charge in [-0.25, -0.2) is 0 Å². The molecule has 4 heteroatoms. The number of aromatic nitrogens is 1. The van der Waals surface area contributed by atoms with Crippen LogP contribution in [0.15, 0.2) is 30.6 Å². The molecule has 0 bridgehead atoms. The fourth-order valence-corrected chi connectivity index (χ4v) is 0.621. The molecule has 0 amide bonds. The summed E-state index contributed by atoms with van der Waals surface area (Å²) in [5, 5.41) is 0. The van der Waals surface area contributed by atoms with Gasteiger partial charge in [-0.2, -0.15) is 0 Å². The van der Waals surface area contributed by atoms with Gasteiger partial charge in [-0.3, -0.25) is 9.27 Å². The second-order valence-electron chi connectivity index (χ2n) is 2.19. The largest absolute Gasteiger partial charge is 0.279 e. The van der Waals surface area contributed by atoms with E-state index >= 15 is 0 Å². The van der Waals surface area contributed by atoms with E-state index in [1.54, 1.807) is 12.4 Å². The fourth-order valence-electron chi connectivity index (χ4n) is 0.511. The van der Waals surface area contributed by atoms with Crippen molar-refractivity contribution in [1.82, 2.24) is 4.98 Å². The Balaban J connectivity index is 0. The van der Waals surface area contributed by atoms with E-state index in [-0.39, 0.29) is 17.1 Å². The third kappa shape index (κ3) is 14.7. The maximum Gasteiger partial charge on any atom is 0.0682 e. The number of nitrogens with zero attached hydrogens (tertiary/aromatic N) is 1. The number of rotatable bonds is 3. The molecule has 0 unspecified atom stereocenters. The molecule has 0 aliphatic rings. The summed E-state index contributed by atoms with van der Waals surface area (Å²) in [5.74, 6) is 0. The van der Waals surface area contributed by atoms with Gasteiger partial charge in [0.1, 0.15) is 0 Å². The maximum atomic E-state index is 4.88. The monoisotopic (exact) mass is 250 g/mol. The number of hydrogen-bond donors (Lipinski definition) is 0. The Morgan fingerprint density at radius 1 is 1.23 bits per heavy atom. The van der Waals surface area contributed by atoms with Crippen LogP contribution in [0.3, 0.4) is 0 Å². The Kier molecular flexibility index (Phi) is 17.1. The molecule has 1 heterocycles. The van der Waals surface area contributed by atoms with Gasteiger partial charge in [0, 0.05) is 29.5 Å². The quantitative estimate of drug-likeness (QED) is 0.608. The van der Waals surface area contributed by atoms with Crippen molar-refractivity contribution in [1.29, 1.82) is 0 Å². The van der Waals surface area contributed by atoms with Crippen molar-refractivity contribution in [2.75, 3.05) is 6.61 Å². The van der Waals surface area contributed by atoms with Gasteiger partial charge in [-0.1, -0.05) is 19.4 Å². The van der Waals surface area contributed by atoms with Gasteiger partial charge < -0.3 is 0 Å². The van der Waals surface area contributed by atoms with Crippen molar-refractivity contribution in [2.45, 2.75) is 19.8 Å². The maximum absolute atomic E-state index is 4.88. The molecule has 13 heavy (non-hydrogen) atoms. The van der Waals surface area contributed by atoms with Gasteiger partial charge >= 0.3 is 0 Å². The molecular weight excluding hydrogens is 237 g/mol. The summed E-state index contributed by atoms with van der Waals surface area (Å²) in [5.41, 5.74) is 0. The van der Waals surface area contributed by atoms with Gasteiger partial charge in [0.05, 0.1) is 18.5 Å². The van der Waals surface area contributed by atoms with Crippen LogP contribution in [0.1, 0.15) is 19.8 Å². The Bertz CT molecular complexity index is 132. The van der Waals surface area contributed by atoms with Crippen LogP contribution < -0.4 is 0 Å². The van der Waals surface area contributed by atoms with E-state index in [2.05, 4.69) is 16.2 Å². The molecule has 79 valence electrons. The first-order chi connectivity index (χ1) is 5.91. The van der Waals surface area contributed by atoms with Crippen LogP contribution in [0.5, 0.6) is 0 Å². The van der Waals surface area contributed by atoms with Crippen molar-refractivity contribution in [2.24, 2.45) is 0 Å². The summed E-state index contributed by atoms with van der Waals surface area (Å²) in [4.78, 5) is 3.78. The summed E-state index contributed by atoms with van der Waals surface area (Å²) in [6.45, 7) is 2.77. The molecule has 0 N–H and O–H groups in total. The zero-order chi connectivity index (χ0) is 9.07. The molecule has 1 aromatic rings. The van der Waals surface area contributed by atoms with E-state index in [9.17, 15) is 0 Å². The third-order valence-electron chi connectivity index (χ3n) is 1.14. The van der Waals surface area contributed by atoms with E-state index in [0.717, 1.165) is 12.8 Å². The minimum atomic E-state index is 0. The molecule has 0 saturated heterocycles. The van der Waals surface area contributed by atoms with Crippen LogP contribution in [0.4, 0.5) is 0 Å². The minimum Gasteiger partial charge on any atom is -0.279 e. The molecule has 0 aliphatic heterocycles. The van der Waals surface area contributed by atoms with E-state index < -0.39 is 0 Å². The number of unbranched alkanes of at least 4 members (excludes halogenated alkanes) is 1. The Morgan fingerprint density at radius 2 is 1.85 bits per heavy atom. The normalized spacial score (nSPS) is 7.85. The predicted octanol–water partition coefficient (Wildman–Crippen LogP) is 3.04. The Hall–Kier alpha value is -0.0805. The van der Waals surface area contributed by atoms with Crippen LogP contribution in [0, 0.1) is 0 Å². The number of halogens is 1. The van der Waals surface area contributed by atoms with E-state index in [4.69, 9.17) is 11.9 Å². The zero-order valence-corrected chi connectivity index (χ0v) is 9.24. The predicted molar refractivity (Wildman–Crippen MR) is 51.0 cm³/mol. The average Bonchev–Trinajstić information content (AvgIpc) is 2.18. The zero-order valence-electron chi connectivity index (χ0n) is 7.54. The second-order valence-corrected chi connectivity index (χ2v) is 2.41. The third-order valence-corrected chi connectivity index (χ3v) is 1.30. The Labute approximate surface area is 95.3 Å². The number of pyridine rings is 1. The van der Waals surface area contributed by atoms with Gasteiger partial charge in [0.15, 0.2) is 0 Å². The molecule has 0 atom stereocenters. The second kappa shape index (κ2) is 14.4. The standard InChI is InChI=1S/C5H5N.C4H9ClO.Cu/c1-2-4-6-5-3-1;1-2-3-4-6-5;/h1-5H;2-4H2,1H3;. The van der Waals surface area contributed by atoms with Crippen molar-refractivity contribution >= 4 is 11.9 Å². The van der Waals surface area contributed by atoms with Gasteiger partial charge in [0.25, 0.3) is 0 Å². The molecule has 0 saturated carbocycles. The minimum absolute atomic E-state index is 0. The molecule has 0 aliphatic carbocycles. The van der Waals surface area contributed by atoms with E-state index in [1.165, 1.54) is 0 Å². The SMILES string of the molecule is CCCCOCl.[Cu].c1ccncc1. The first kappa shape index (κ1) is 15.4. The van der Waals surface area contributed by atoms with Gasteiger partial charge in [-0.15, -0.1) is 0 Å². The summed E-state index contributed by atoms with van der Waals surface area (Å²) < 4.78 is 4.25. The smallest absolute Gasteiger partial charge is 0.0682 e. The number of hydrogen-bond acceptors (Lipinski definition) is 2. The molecule has 0 aromatic carbocycles. The van der Waals surface area contributed by atoms with Crippen molar-refractivity contribution in [3.05, 3.63) is 30.6 Å². The summed E-state index contributed by atoms with van der Waals surface area (Å²) in [6, 6.07) is 5.72. The van der Waals surface area contributed by atoms with Crippen molar-refractivity contribution in [3.8, 4) is 0 Å². The van der Waals surface area contributed by atoms with Crippen LogP contribution >= 0.6 is 11.9 Å². The van der Waals surface area contributed by atoms with Crippen molar-refractivity contribution < 1.29 is 21.4 Å². The van der Waals surface area contributed by atoms with E-state index in [1.807, 2.05) is 18.2 Å². The summed E-state index contributed by atoms with van der Waals surface area (Å²) in [7, 11) is 0.